The minimum Gasteiger partial charge on any atom is -0.253 e. The first-order valence-electron chi connectivity index (χ1n) is 4.82. The lowest BCUT2D eigenvalue weighted by molar-refractivity contribution is 0.262. The molecule has 0 unspecified atom stereocenters. The first-order valence-corrected chi connectivity index (χ1v) is 4.82. The van der Waals surface area contributed by atoms with E-state index >= 15 is 0 Å². The summed E-state index contributed by atoms with van der Waals surface area (Å²) in [4.78, 5) is 4.18. The Bertz CT molecular complexity index is 292. The molecule has 1 heterocycles. The molecule has 0 radical (unpaired) electrons. The summed E-state index contributed by atoms with van der Waals surface area (Å²) in [6.45, 7) is 3.41. The van der Waals surface area contributed by atoms with E-state index in [0.29, 0.717) is 6.98 Å². The van der Waals surface area contributed by atoms with Gasteiger partial charge in [0.25, 0.3) is 0 Å². The number of nitrogens with zero attached hydrogens (tertiary/aromatic N) is 2. The zero-order valence-corrected chi connectivity index (χ0v) is 8.57. The van der Waals surface area contributed by atoms with Gasteiger partial charge in [-0.3, -0.25) is 4.92 Å². The molecule has 14 heavy (non-hydrogen) atoms. The molecule has 0 atom stereocenters. The summed E-state index contributed by atoms with van der Waals surface area (Å²) in [5, 5.41) is 0. The van der Waals surface area contributed by atoms with Gasteiger partial charge in [0, 0.05) is 6.54 Å². The molecule has 1 aliphatic heterocycles. The second-order valence-electron chi connectivity index (χ2n) is 3.58. The second-order valence-corrected chi connectivity index (χ2v) is 3.58. The van der Waals surface area contributed by atoms with Crippen molar-refractivity contribution in [3.05, 3.63) is 35.9 Å². The van der Waals surface area contributed by atoms with Crippen LogP contribution in [-0.2, 0) is 6.54 Å². The van der Waals surface area contributed by atoms with E-state index in [1.54, 1.807) is 0 Å². The molecule has 0 bridgehead atoms. The molecule has 1 aromatic carbocycles. The summed E-state index contributed by atoms with van der Waals surface area (Å²) in [7, 11) is 2.02. The van der Waals surface area contributed by atoms with Crippen molar-refractivity contribution < 1.29 is 0 Å². The van der Waals surface area contributed by atoms with Crippen LogP contribution in [0.25, 0.3) is 0 Å². The van der Waals surface area contributed by atoms with Crippen molar-refractivity contribution in [2.24, 2.45) is 0 Å². The maximum Gasteiger partial charge on any atom is 0.338 e. The Kier molecular flexibility index (Phi) is 2.83. The summed E-state index contributed by atoms with van der Waals surface area (Å²) in [5.74, 6) is 0. The van der Waals surface area contributed by atoms with Crippen molar-refractivity contribution in [1.82, 2.24) is 20.9 Å². The summed E-state index contributed by atoms with van der Waals surface area (Å²) >= 11 is 0. The summed E-state index contributed by atoms with van der Waals surface area (Å²) in [6.07, 6.45) is 0. The van der Waals surface area contributed by atoms with Crippen LogP contribution >= 0.6 is 0 Å². The van der Waals surface area contributed by atoms with E-state index in [4.69, 9.17) is 0 Å². The fourth-order valence-electron chi connectivity index (χ4n) is 1.49. The monoisotopic (exact) mass is 190 g/mol. The average Bonchev–Trinajstić information content (AvgIpc) is 2.52. The molecule has 1 aromatic rings. The van der Waals surface area contributed by atoms with Gasteiger partial charge in [0.1, 0.15) is 0 Å². The highest BCUT2D eigenvalue weighted by Crippen LogP contribution is 2.07. The van der Waals surface area contributed by atoms with E-state index in [1.807, 2.05) is 18.0 Å². The molecule has 0 aliphatic carbocycles. The largest absolute Gasteiger partial charge is 0.338 e. The van der Waals surface area contributed by atoms with E-state index in [9.17, 15) is 0 Å². The van der Waals surface area contributed by atoms with Gasteiger partial charge in [0.15, 0.2) is 0 Å². The van der Waals surface area contributed by atoms with Crippen molar-refractivity contribution in [2.45, 2.75) is 13.4 Å². The predicted octanol–water partition coefficient (Wildman–Crippen LogP) is 0.476. The van der Waals surface area contributed by atoms with Crippen LogP contribution in [0.4, 0.5) is 0 Å². The van der Waals surface area contributed by atoms with E-state index in [2.05, 4.69) is 47.1 Å². The number of benzene rings is 1. The molecule has 1 fully saturated rings. The highest BCUT2D eigenvalue weighted by atomic mass is 15.9. The molecule has 5 heteroatoms. The molecule has 74 valence electrons. The Morgan fingerprint density at radius 3 is 2.50 bits per heavy atom. The van der Waals surface area contributed by atoms with E-state index < -0.39 is 0 Å². The van der Waals surface area contributed by atoms with E-state index in [-0.39, 0.29) is 0 Å². The Balaban J connectivity index is 1.99. The van der Waals surface area contributed by atoms with Gasteiger partial charge < -0.3 is 0 Å². The fourth-order valence-corrected chi connectivity index (χ4v) is 1.49. The lowest BCUT2D eigenvalue weighted by Gasteiger charge is -2.17. The Hall–Kier alpha value is -0.875. The summed E-state index contributed by atoms with van der Waals surface area (Å²) in [6, 6.07) is 10.4. The Morgan fingerprint density at radius 1 is 1.21 bits per heavy atom. The minimum absolute atomic E-state index is 0.357. The molecule has 0 spiro atoms. The van der Waals surface area contributed by atoms with Gasteiger partial charge in [0.05, 0.1) is 0 Å². The van der Waals surface area contributed by atoms with E-state index in [0.717, 1.165) is 6.54 Å². The fraction of sp³-hybridized carbons (Fsp3) is 0.333. The topological polar surface area (TPSA) is 30.5 Å². The normalized spacial score (nSPS) is 19.1. The highest BCUT2D eigenvalue weighted by Gasteiger charge is 2.29. The first kappa shape index (κ1) is 9.67. The predicted molar refractivity (Wildman–Crippen MR) is 57.6 cm³/mol. The van der Waals surface area contributed by atoms with Crippen molar-refractivity contribution in [3.63, 3.8) is 0 Å². The van der Waals surface area contributed by atoms with Gasteiger partial charge >= 0.3 is 6.98 Å². The average molecular weight is 190 g/mol. The molecule has 0 amide bonds. The van der Waals surface area contributed by atoms with E-state index in [1.165, 1.54) is 5.56 Å². The van der Waals surface area contributed by atoms with Crippen LogP contribution in [-0.4, -0.2) is 23.9 Å². The maximum atomic E-state index is 3.11. The highest BCUT2D eigenvalue weighted by molar-refractivity contribution is 6.51. The van der Waals surface area contributed by atoms with Crippen molar-refractivity contribution >= 4 is 6.98 Å². The van der Waals surface area contributed by atoms with Crippen LogP contribution in [0.5, 0.6) is 0 Å². The zero-order chi connectivity index (χ0) is 9.97. The van der Waals surface area contributed by atoms with Crippen LogP contribution in [0.3, 0.4) is 0 Å². The molecule has 1 aliphatic rings. The summed E-state index contributed by atoms with van der Waals surface area (Å²) in [5.41, 5.74) is 7.47. The van der Waals surface area contributed by atoms with Crippen molar-refractivity contribution in [3.8, 4) is 0 Å². The van der Waals surface area contributed by atoms with Gasteiger partial charge in [0.2, 0.25) is 0 Å². The van der Waals surface area contributed by atoms with Gasteiger partial charge in [-0.25, -0.2) is 4.92 Å². The Morgan fingerprint density at radius 2 is 1.93 bits per heavy atom. The molecule has 0 saturated carbocycles. The summed E-state index contributed by atoms with van der Waals surface area (Å²) < 4.78 is 0. The number of hydrogen-bond acceptors (Lipinski definition) is 4. The molecule has 2 N–H and O–H groups in total. The molecule has 0 aromatic heterocycles. The smallest absolute Gasteiger partial charge is 0.253 e. The molecule has 1 saturated heterocycles. The lowest BCUT2D eigenvalue weighted by atomic mass is 9.79. The number of hydrazine groups is 3. The number of hydrogen-bond donors (Lipinski definition) is 2. The van der Waals surface area contributed by atoms with Gasteiger partial charge in [-0.15, -0.1) is 0 Å². The van der Waals surface area contributed by atoms with Gasteiger partial charge in [-0.2, -0.15) is 11.1 Å². The lowest BCUT2D eigenvalue weighted by Crippen LogP contribution is -2.41. The first-order chi connectivity index (χ1) is 6.77. The Labute approximate surface area is 84.9 Å². The van der Waals surface area contributed by atoms with Crippen LogP contribution < -0.4 is 11.1 Å². The van der Waals surface area contributed by atoms with Crippen LogP contribution in [0.15, 0.2) is 30.3 Å². The second kappa shape index (κ2) is 4.10. The van der Waals surface area contributed by atoms with Crippen LogP contribution in [0.2, 0.25) is 6.82 Å². The van der Waals surface area contributed by atoms with Crippen molar-refractivity contribution in [1.29, 1.82) is 0 Å². The third-order valence-corrected chi connectivity index (χ3v) is 2.58. The quantitative estimate of drug-likeness (QED) is 0.664. The number of nitrogens with one attached hydrogen (secondary N) is 2. The molecule has 2 rings (SSSR count). The van der Waals surface area contributed by atoms with Crippen molar-refractivity contribution in [2.75, 3.05) is 7.05 Å². The van der Waals surface area contributed by atoms with Crippen LogP contribution in [0.1, 0.15) is 5.56 Å². The van der Waals surface area contributed by atoms with Crippen LogP contribution in [0, 0.1) is 0 Å². The van der Waals surface area contributed by atoms with Gasteiger partial charge in [-0.1, -0.05) is 37.2 Å². The third kappa shape index (κ3) is 1.96. The molecular formula is C9H15BN4. The maximum absolute atomic E-state index is 3.11. The molecular weight excluding hydrogens is 175 g/mol. The standard InChI is InChI=1S/C9H15BN4/c1-10-13(2)11-12-14(10)8-9-6-4-3-5-7-9/h3-7,11-12H,8H2,1-2H3. The molecule has 4 nitrogen and oxygen atoms in total. The SMILES string of the molecule is CB1N(C)NNN1Cc1ccccc1. The minimum atomic E-state index is 0.357. The van der Waals surface area contributed by atoms with Gasteiger partial charge in [-0.05, 0) is 12.6 Å². The zero-order valence-electron chi connectivity index (χ0n) is 8.57. The number of rotatable bonds is 2. The third-order valence-electron chi connectivity index (χ3n) is 2.58.